The van der Waals surface area contributed by atoms with E-state index in [4.69, 9.17) is 16.3 Å². The Morgan fingerprint density at radius 3 is 2.56 bits per heavy atom. The van der Waals surface area contributed by atoms with E-state index < -0.39 is 0 Å². The topological polar surface area (TPSA) is 50.4 Å². The molecule has 0 aromatic heterocycles. The van der Waals surface area contributed by atoms with Crippen molar-refractivity contribution in [1.82, 2.24) is 5.32 Å². The van der Waals surface area contributed by atoms with Gasteiger partial charge in [-0.2, -0.15) is 0 Å². The number of carbonyl (C=O) groups is 1. The number of rotatable bonds is 9. The molecule has 0 saturated carbocycles. The van der Waals surface area contributed by atoms with Gasteiger partial charge in [-0.25, -0.2) is 0 Å². The van der Waals surface area contributed by atoms with Crippen molar-refractivity contribution < 1.29 is 9.53 Å². The summed E-state index contributed by atoms with van der Waals surface area (Å²) in [7, 11) is 0. The molecule has 0 unspecified atom stereocenters. The maximum Gasteiger partial charge on any atom is 0.225 e. The van der Waals surface area contributed by atoms with Gasteiger partial charge in [-0.1, -0.05) is 23.7 Å². The summed E-state index contributed by atoms with van der Waals surface area (Å²) < 4.78 is 5.58. The van der Waals surface area contributed by atoms with Crippen LogP contribution in [0.5, 0.6) is 5.75 Å². The van der Waals surface area contributed by atoms with E-state index in [0.717, 1.165) is 29.4 Å². The third-order valence-corrected chi connectivity index (χ3v) is 3.75. The highest BCUT2D eigenvalue weighted by Crippen LogP contribution is 2.17. The fourth-order valence-electron chi connectivity index (χ4n) is 2.36. The molecule has 0 saturated heterocycles. The number of amides is 1. The minimum absolute atomic E-state index is 0.00668. The molecule has 134 valence electrons. The molecule has 25 heavy (non-hydrogen) atoms. The first kappa shape index (κ1) is 19.3. The molecule has 2 N–H and O–H groups in total. The number of hydrogen-bond acceptors (Lipinski definition) is 3. The van der Waals surface area contributed by atoms with Gasteiger partial charge in [-0.15, -0.1) is 0 Å². The highest BCUT2D eigenvalue weighted by molar-refractivity contribution is 6.30. The lowest BCUT2D eigenvalue weighted by atomic mass is 10.1. The number of anilines is 1. The van der Waals surface area contributed by atoms with Crippen LogP contribution in [0, 0.1) is 0 Å². The molecular formula is C20H25ClN2O2. The summed E-state index contributed by atoms with van der Waals surface area (Å²) in [5, 5.41) is 6.91. The van der Waals surface area contributed by atoms with Crippen LogP contribution in [-0.4, -0.2) is 25.1 Å². The van der Waals surface area contributed by atoms with Crippen molar-refractivity contribution in [2.24, 2.45) is 0 Å². The summed E-state index contributed by atoms with van der Waals surface area (Å²) in [5.74, 6) is 0.795. The smallest absolute Gasteiger partial charge is 0.225 e. The third-order valence-electron chi connectivity index (χ3n) is 3.52. The Morgan fingerprint density at radius 2 is 1.88 bits per heavy atom. The first-order valence-electron chi connectivity index (χ1n) is 8.54. The molecule has 2 aromatic rings. The zero-order valence-corrected chi connectivity index (χ0v) is 15.5. The average molecular weight is 361 g/mol. The summed E-state index contributed by atoms with van der Waals surface area (Å²) in [4.78, 5) is 12.0. The number of carbonyl (C=O) groups excluding carboxylic acids is 1. The first-order chi connectivity index (χ1) is 12.0. The van der Waals surface area contributed by atoms with Gasteiger partial charge >= 0.3 is 0 Å². The van der Waals surface area contributed by atoms with Crippen molar-refractivity contribution in [3.05, 3.63) is 59.1 Å². The van der Waals surface area contributed by atoms with Gasteiger partial charge in [0.2, 0.25) is 5.91 Å². The SMILES string of the molecule is CC(C)Oc1ccc(NC(=O)CCNCCc2cccc(Cl)c2)cc1. The van der Waals surface area contributed by atoms with Gasteiger partial charge in [0, 0.05) is 23.7 Å². The molecule has 4 nitrogen and oxygen atoms in total. The lowest BCUT2D eigenvalue weighted by Crippen LogP contribution is -2.23. The molecule has 0 bridgehead atoms. The monoisotopic (exact) mass is 360 g/mol. The van der Waals surface area contributed by atoms with Gasteiger partial charge in [-0.3, -0.25) is 4.79 Å². The Hall–Kier alpha value is -2.04. The summed E-state index contributed by atoms with van der Waals surface area (Å²) in [5.41, 5.74) is 1.97. The molecular weight excluding hydrogens is 336 g/mol. The van der Waals surface area contributed by atoms with E-state index in [-0.39, 0.29) is 12.0 Å². The van der Waals surface area contributed by atoms with Crippen molar-refractivity contribution in [1.29, 1.82) is 0 Å². The van der Waals surface area contributed by atoms with Crippen LogP contribution in [0.2, 0.25) is 5.02 Å². The standard InChI is InChI=1S/C20H25ClN2O2/c1-15(2)25-19-8-6-18(7-9-19)23-20(24)11-13-22-12-10-16-4-3-5-17(21)14-16/h3-9,14-15,22H,10-13H2,1-2H3,(H,23,24). The van der Waals surface area contributed by atoms with Crippen molar-refractivity contribution in [2.45, 2.75) is 32.8 Å². The van der Waals surface area contributed by atoms with Gasteiger partial charge in [0.15, 0.2) is 0 Å². The first-order valence-corrected chi connectivity index (χ1v) is 8.92. The molecule has 0 aliphatic rings. The summed E-state index contributed by atoms with van der Waals surface area (Å²) in [6.45, 7) is 5.42. The number of nitrogens with one attached hydrogen (secondary N) is 2. The molecule has 5 heteroatoms. The van der Waals surface area contributed by atoms with Gasteiger partial charge < -0.3 is 15.4 Å². The van der Waals surface area contributed by atoms with E-state index in [9.17, 15) is 4.79 Å². The van der Waals surface area contributed by atoms with Crippen LogP contribution in [0.4, 0.5) is 5.69 Å². The Kier molecular flexibility index (Phi) is 7.76. The van der Waals surface area contributed by atoms with Crippen LogP contribution in [0.3, 0.4) is 0 Å². The van der Waals surface area contributed by atoms with E-state index in [1.54, 1.807) is 0 Å². The van der Waals surface area contributed by atoms with Gasteiger partial charge in [0.1, 0.15) is 5.75 Å². The maximum atomic E-state index is 12.0. The van der Waals surface area contributed by atoms with E-state index in [0.29, 0.717) is 13.0 Å². The van der Waals surface area contributed by atoms with Crippen LogP contribution in [0.15, 0.2) is 48.5 Å². The fourth-order valence-corrected chi connectivity index (χ4v) is 2.58. The van der Waals surface area contributed by atoms with Crippen LogP contribution in [-0.2, 0) is 11.2 Å². The largest absolute Gasteiger partial charge is 0.491 e. The minimum Gasteiger partial charge on any atom is -0.491 e. The predicted molar refractivity (Wildman–Crippen MR) is 103 cm³/mol. The van der Waals surface area contributed by atoms with E-state index in [1.807, 2.05) is 62.4 Å². The molecule has 2 aromatic carbocycles. The average Bonchev–Trinajstić information content (AvgIpc) is 2.56. The molecule has 0 aliphatic carbocycles. The summed E-state index contributed by atoms with van der Waals surface area (Å²) in [6, 6.07) is 15.2. The second kappa shape index (κ2) is 10.1. The van der Waals surface area contributed by atoms with Gasteiger partial charge in [0.25, 0.3) is 0 Å². The third kappa shape index (κ3) is 7.59. The Labute approximate surface area is 154 Å². The molecule has 0 fully saturated rings. The number of halogens is 1. The normalized spacial score (nSPS) is 10.7. The number of ether oxygens (including phenoxy) is 1. The maximum absolute atomic E-state index is 12.0. The zero-order chi connectivity index (χ0) is 18.1. The van der Waals surface area contributed by atoms with Crippen LogP contribution in [0.25, 0.3) is 0 Å². The van der Waals surface area contributed by atoms with Crippen molar-refractivity contribution in [3.63, 3.8) is 0 Å². The van der Waals surface area contributed by atoms with E-state index in [1.165, 1.54) is 5.56 Å². The fraction of sp³-hybridized carbons (Fsp3) is 0.350. The van der Waals surface area contributed by atoms with Crippen molar-refractivity contribution in [2.75, 3.05) is 18.4 Å². The van der Waals surface area contributed by atoms with Crippen LogP contribution >= 0.6 is 11.6 Å². The second-order valence-corrected chi connectivity index (χ2v) is 6.56. The molecule has 0 heterocycles. The van der Waals surface area contributed by atoms with E-state index in [2.05, 4.69) is 10.6 Å². The Balaban J connectivity index is 1.63. The highest BCUT2D eigenvalue weighted by Gasteiger charge is 2.03. The van der Waals surface area contributed by atoms with Crippen molar-refractivity contribution >= 4 is 23.2 Å². The molecule has 0 aliphatic heterocycles. The van der Waals surface area contributed by atoms with Crippen LogP contribution < -0.4 is 15.4 Å². The van der Waals surface area contributed by atoms with Gasteiger partial charge in [-0.05, 0) is 68.8 Å². The molecule has 2 rings (SSSR count). The zero-order valence-electron chi connectivity index (χ0n) is 14.7. The lowest BCUT2D eigenvalue weighted by Gasteiger charge is -2.11. The predicted octanol–water partition coefficient (Wildman–Crippen LogP) is 4.29. The van der Waals surface area contributed by atoms with Crippen LogP contribution in [0.1, 0.15) is 25.8 Å². The van der Waals surface area contributed by atoms with E-state index >= 15 is 0 Å². The van der Waals surface area contributed by atoms with Crippen molar-refractivity contribution in [3.8, 4) is 5.75 Å². The minimum atomic E-state index is -0.00668. The second-order valence-electron chi connectivity index (χ2n) is 6.12. The Morgan fingerprint density at radius 1 is 1.12 bits per heavy atom. The summed E-state index contributed by atoms with van der Waals surface area (Å²) in [6.07, 6.45) is 1.46. The molecule has 0 spiro atoms. The summed E-state index contributed by atoms with van der Waals surface area (Å²) >= 11 is 5.96. The lowest BCUT2D eigenvalue weighted by molar-refractivity contribution is -0.116. The molecule has 0 radical (unpaired) electrons. The number of hydrogen-bond donors (Lipinski definition) is 2. The quantitative estimate of drug-likeness (QED) is 0.656. The number of benzene rings is 2. The van der Waals surface area contributed by atoms with Gasteiger partial charge in [0.05, 0.1) is 6.10 Å². The molecule has 1 amide bonds. The molecule has 0 atom stereocenters. The Bertz CT molecular complexity index is 672. The highest BCUT2D eigenvalue weighted by atomic mass is 35.5.